The van der Waals surface area contributed by atoms with Gasteiger partial charge in [0.05, 0.1) is 51.3 Å². The van der Waals surface area contributed by atoms with E-state index in [0.29, 0.717) is 11.3 Å². The maximum absolute atomic E-state index is 13.7. The molecule has 370 valence electrons. The van der Waals surface area contributed by atoms with Crippen molar-refractivity contribution in [2.75, 3.05) is 33.0 Å². The minimum absolute atomic E-state index is 0.0625. The molecule has 0 amide bonds. The highest BCUT2D eigenvalue weighted by Crippen LogP contribution is 2.39. The third-order valence-corrected chi connectivity index (χ3v) is 12.1. The molecule has 8 rings (SSSR count). The fourth-order valence-corrected chi connectivity index (χ4v) is 8.17. The molecule has 2 aromatic rings. The zero-order valence-electron chi connectivity index (χ0n) is 36.0. The lowest BCUT2D eigenvalue weighted by molar-refractivity contribution is -0.369. The smallest absolute Gasteiger partial charge is 0.337 e. The van der Waals surface area contributed by atoms with E-state index < -0.39 is 143 Å². The highest BCUT2D eigenvalue weighted by atomic mass is 16.8. The minimum Gasteiger partial charge on any atom is -0.468 e. The number of ether oxygens (including phenoxy) is 10. The number of hydrogen-bond donors (Lipinski definition) is 11. The first kappa shape index (κ1) is 50.5. The van der Waals surface area contributed by atoms with Crippen molar-refractivity contribution in [2.45, 2.75) is 125 Å². The van der Waals surface area contributed by atoms with Gasteiger partial charge >= 0.3 is 11.9 Å². The van der Waals surface area contributed by atoms with Crippen LogP contribution < -0.4 is 9.47 Å². The molecule has 0 unspecified atom stereocenters. The van der Waals surface area contributed by atoms with Gasteiger partial charge in [0.25, 0.3) is 0 Å². The van der Waals surface area contributed by atoms with Gasteiger partial charge in [0, 0.05) is 24.3 Å². The molecule has 3 fully saturated rings. The van der Waals surface area contributed by atoms with E-state index in [1.54, 1.807) is 43.3 Å². The van der Waals surface area contributed by atoms with Crippen LogP contribution in [-0.4, -0.2) is 200 Å². The molecule has 23 heteroatoms. The summed E-state index contributed by atoms with van der Waals surface area (Å²) < 4.78 is 57.5. The van der Waals surface area contributed by atoms with E-state index in [9.17, 15) is 65.8 Å². The molecular weight excluding hydrogens is 896 g/mol. The van der Waals surface area contributed by atoms with E-state index >= 15 is 0 Å². The van der Waals surface area contributed by atoms with Crippen molar-refractivity contribution >= 4 is 11.9 Å². The Morgan fingerprint density at radius 1 is 0.642 bits per heavy atom. The number of hydrogen-bond acceptors (Lipinski definition) is 23. The summed E-state index contributed by atoms with van der Waals surface area (Å²) in [6, 6.07) is 11.5. The van der Waals surface area contributed by atoms with Crippen molar-refractivity contribution in [2.24, 2.45) is 5.92 Å². The molecule has 0 aromatic heterocycles. The summed E-state index contributed by atoms with van der Waals surface area (Å²) in [6.45, 7) is -0.985. The number of benzene rings is 2. The number of aliphatic hydroxyl groups excluding tert-OH is 11. The molecule has 0 radical (unpaired) electrons. The Morgan fingerprint density at radius 3 is 1.85 bits per heavy atom. The lowest BCUT2D eigenvalue weighted by Crippen LogP contribution is -2.65. The highest BCUT2D eigenvalue weighted by molar-refractivity contribution is 5.91. The number of carbonyl (C=O) groups excluding carboxylic acids is 2. The molecule has 0 saturated carbocycles. The first-order valence-electron chi connectivity index (χ1n) is 21.6. The molecule has 6 heterocycles. The van der Waals surface area contributed by atoms with Crippen LogP contribution in [0.2, 0.25) is 0 Å². The monoisotopic (exact) mass is 952 g/mol. The van der Waals surface area contributed by atoms with Crippen LogP contribution in [0.25, 0.3) is 0 Å². The van der Waals surface area contributed by atoms with Gasteiger partial charge in [0.1, 0.15) is 79.0 Å². The van der Waals surface area contributed by atoms with Gasteiger partial charge in [-0.2, -0.15) is 0 Å². The van der Waals surface area contributed by atoms with Crippen molar-refractivity contribution in [3.63, 3.8) is 0 Å². The van der Waals surface area contributed by atoms with E-state index in [4.69, 9.17) is 47.4 Å². The van der Waals surface area contributed by atoms with Gasteiger partial charge in [-0.3, -0.25) is 4.79 Å². The number of fused-ring (bicyclic) bond motifs is 9. The van der Waals surface area contributed by atoms with Crippen LogP contribution in [0.4, 0.5) is 0 Å². The quantitative estimate of drug-likeness (QED) is 0.0865. The van der Waals surface area contributed by atoms with Gasteiger partial charge in [-0.15, -0.1) is 0 Å². The molecule has 0 spiro atoms. The number of allylic oxidation sites excluding steroid dienone is 1. The molecule has 4 bridgehead atoms. The normalized spacial score (nSPS) is 38.2. The maximum atomic E-state index is 13.7. The molecule has 23 nitrogen and oxygen atoms in total. The zero-order chi connectivity index (χ0) is 48.1. The second-order valence-corrected chi connectivity index (χ2v) is 16.4. The largest absolute Gasteiger partial charge is 0.468 e. The molecule has 3 saturated heterocycles. The second kappa shape index (κ2) is 22.4. The minimum atomic E-state index is -1.92. The Kier molecular flexibility index (Phi) is 16.9. The Bertz CT molecular complexity index is 2040. The third-order valence-electron chi connectivity index (χ3n) is 12.1. The van der Waals surface area contributed by atoms with Gasteiger partial charge in [-0.05, 0) is 42.3 Å². The summed E-state index contributed by atoms with van der Waals surface area (Å²) in [5.41, 5.74) is 1.44. The Balaban J connectivity index is 1.09. The van der Waals surface area contributed by atoms with Crippen LogP contribution >= 0.6 is 0 Å². The molecule has 11 N–H and O–H groups in total. The van der Waals surface area contributed by atoms with Crippen LogP contribution in [0.3, 0.4) is 0 Å². The molecular formula is C44H56O23. The van der Waals surface area contributed by atoms with Gasteiger partial charge in [-0.1, -0.05) is 24.3 Å². The Labute approximate surface area is 382 Å². The zero-order valence-corrected chi connectivity index (χ0v) is 36.0. The van der Waals surface area contributed by atoms with E-state index in [-0.39, 0.29) is 48.7 Å². The molecule has 67 heavy (non-hydrogen) atoms. The summed E-state index contributed by atoms with van der Waals surface area (Å²) >= 11 is 0. The van der Waals surface area contributed by atoms with Crippen LogP contribution in [0, 0.1) is 5.92 Å². The van der Waals surface area contributed by atoms with E-state index in [0.717, 1.165) is 11.8 Å². The predicted molar refractivity (Wildman–Crippen MR) is 219 cm³/mol. The topological polar surface area (TPSA) is 349 Å². The van der Waals surface area contributed by atoms with Gasteiger partial charge in [0.15, 0.2) is 24.1 Å². The SMILES string of the molecule is C/C=C1\[C@H](O[C@@H]2O[C@@H](CO)[C@@H](O)[C@H](O[C@@H]3O[C@H](CO)[C@@H](O)[C@H](O)[C@H]3O)[C@@H]2O)OC=C2C(=O)OCCc3ccc(cc3)Oc3cc(ccc3O[C@@H]3O[C@H](CO)[C@@H](O)[C@H](O)[C@H]3O)CCOC(=O)C[C@H]21. The molecule has 6 aliphatic rings. The Morgan fingerprint density at radius 2 is 1.21 bits per heavy atom. The highest BCUT2D eigenvalue weighted by Gasteiger charge is 2.52. The van der Waals surface area contributed by atoms with Gasteiger partial charge in [-0.25, -0.2) is 4.79 Å². The molecule has 0 aliphatic carbocycles. The van der Waals surface area contributed by atoms with E-state index in [2.05, 4.69) is 0 Å². The summed E-state index contributed by atoms with van der Waals surface area (Å²) in [5, 5.41) is 114. The lowest BCUT2D eigenvalue weighted by atomic mass is 9.86. The van der Waals surface area contributed by atoms with Crippen molar-refractivity contribution in [1.29, 1.82) is 0 Å². The van der Waals surface area contributed by atoms with Crippen molar-refractivity contribution in [1.82, 2.24) is 0 Å². The van der Waals surface area contributed by atoms with Crippen LogP contribution in [0.5, 0.6) is 17.2 Å². The van der Waals surface area contributed by atoms with Crippen molar-refractivity contribution < 1.29 is 113 Å². The standard InChI is InChI=1S/C44H56O23/c1-2-22-23-14-30(48)58-11-10-20-5-8-25(62-42-36(54)34(52)31(49)27(15-45)63-42)26(13-20)61-21-6-3-19(4-7-21)9-12-59-40(57)24(23)18-60-41(22)67-44-38(56)39(33(51)29(17-47)65-44)66-43-37(55)35(53)32(50)28(16-46)64-43/h2-8,13,18,23,27-29,31-39,41-47,49-56H,9-12,14-17H2,1H3/b22-2-/t23-,27+,28+,29-,31+,32+,33+,34-,35-,36+,37+,38-,39-,41-,42+,43-,44-/m0/s1. The van der Waals surface area contributed by atoms with Crippen LogP contribution in [0.15, 0.2) is 65.9 Å². The Hall–Kier alpha value is -4.38. The van der Waals surface area contributed by atoms with Crippen molar-refractivity contribution in [3.8, 4) is 17.2 Å². The predicted octanol–water partition coefficient (Wildman–Crippen LogP) is -3.32. The third kappa shape index (κ3) is 11.2. The van der Waals surface area contributed by atoms with Crippen LogP contribution in [0.1, 0.15) is 24.5 Å². The first-order valence-corrected chi connectivity index (χ1v) is 21.6. The number of rotatable bonds is 9. The number of carbonyl (C=O) groups is 2. The fraction of sp³-hybridized carbons (Fsp3) is 0.591. The summed E-state index contributed by atoms with van der Waals surface area (Å²) in [7, 11) is 0. The first-order chi connectivity index (χ1) is 32.1. The van der Waals surface area contributed by atoms with Crippen LogP contribution in [-0.2, 0) is 60.3 Å². The molecule has 6 aliphatic heterocycles. The maximum Gasteiger partial charge on any atom is 0.337 e. The average Bonchev–Trinajstić information content (AvgIpc) is 3.32. The van der Waals surface area contributed by atoms with E-state index in [1.807, 2.05) is 0 Å². The molecule has 17 atom stereocenters. The van der Waals surface area contributed by atoms with Gasteiger partial charge < -0.3 is 104 Å². The van der Waals surface area contributed by atoms with Gasteiger partial charge in [0.2, 0.25) is 12.6 Å². The number of aliphatic hydroxyl groups is 11. The second-order valence-electron chi connectivity index (χ2n) is 16.4. The summed E-state index contributed by atoms with van der Waals surface area (Å²) in [5.74, 6) is -2.13. The van der Waals surface area contributed by atoms with E-state index in [1.165, 1.54) is 12.1 Å². The fourth-order valence-electron chi connectivity index (χ4n) is 8.17. The summed E-state index contributed by atoms with van der Waals surface area (Å²) in [4.78, 5) is 27.3. The number of esters is 2. The molecule has 2 aromatic carbocycles. The lowest BCUT2D eigenvalue weighted by Gasteiger charge is -2.46. The van der Waals surface area contributed by atoms with Crippen molar-refractivity contribution in [3.05, 3.63) is 77.1 Å². The average molecular weight is 953 g/mol. The summed E-state index contributed by atoms with van der Waals surface area (Å²) in [6.07, 6.45) is -24.1.